The molecule has 0 aliphatic rings. The molecule has 3 nitrogen and oxygen atoms in total. The molecule has 0 fully saturated rings. The number of benzene rings is 1. The van der Waals surface area contributed by atoms with Gasteiger partial charge in [-0.25, -0.2) is 4.98 Å². The number of aryl methyl sites for hydroxylation is 1. The van der Waals surface area contributed by atoms with Crippen LogP contribution in [0.2, 0.25) is 0 Å². The summed E-state index contributed by atoms with van der Waals surface area (Å²) in [6.07, 6.45) is 5.75. The summed E-state index contributed by atoms with van der Waals surface area (Å²) in [7, 11) is 2.16. The minimum atomic E-state index is 1.00. The van der Waals surface area contributed by atoms with E-state index in [9.17, 15) is 0 Å². The van der Waals surface area contributed by atoms with Crippen molar-refractivity contribution in [3.8, 4) is 0 Å². The Morgan fingerprint density at radius 3 is 2.83 bits per heavy atom. The zero-order valence-electron chi connectivity index (χ0n) is 11.2. The summed E-state index contributed by atoms with van der Waals surface area (Å²) in [6.45, 7) is 4.24. The second-order valence-electron chi connectivity index (χ2n) is 4.74. The van der Waals surface area contributed by atoms with E-state index in [1.54, 1.807) is 6.33 Å². The van der Waals surface area contributed by atoms with E-state index in [1.807, 2.05) is 6.20 Å². The van der Waals surface area contributed by atoms with E-state index in [4.69, 9.17) is 0 Å². The van der Waals surface area contributed by atoms with Crippen LogP contribution in [0.3, 0.4) is 0 Å². The minimum Gasteiger partial charge on any atom is -0.348 e. The van der Waals surface area contributed by atoms with Gasteiger partial charge in [0.15, 0.2) is 0 Å². The number of H-pyrrole nitrogens is 1. The number of likely N-dealkylation sites (N-methyl/N-ethyl adjacent to an activating group) is 1. The number of aromatic nitrogens is 2. The van der Waals surface area contributed by atoms with Crippen molar-refractivity contribution in [2.24, 2.45) is 0 Å². The predicted molar refractivity (Wildman–Crippen MR) is 74.4 cm³/mol. The van der Waals surface area contributed by atoms with E-state index in [-0.39, 0.29) is 0 Å². The van der Waals surface area contributed by atoms with Crippen LogP contribution >= 0.6 is 0 Å². The molecule has 0 bridgehead atoms. The highest BCUT2D eigenvalue weighted by Gasteiger charge is 2.02. The van der Waals surface area contributed by atoms with E-state index in [2.05, 4.69) is 53.1 Å². The van der Waals surface area contributed by atoms with Crippen LogP contribution in [0.5, 0.6) is 0 Å². The molecule has 0 atom stereocenters. The summed E-state index contributed by atoms with van der Waals surface area (Å²) in [4.78, 5) is 9.51. The zero-order valence-corrected chi connectivity index (χ0v) is 11.2. The third-order valence-corrected chi connectivity index (χ3v) is 3.17. The van der Waals surface area contributed by atoms with Crippen LogP contribution < -0.4 is 0 Å². The van der Waals surface area contributed by atoms with Crippen LogP contribution in [0.4, 0.5) is 0 Å². The monoisotopic (exact) mass is 243 g/mol. The van der Waals surface area contributed by atoms with Crippen molar-refractivity contribution in [3.05, 3.63) is 53.6 Å². The van der Waals surface area contributed by atoms with Crippen molar-refractivity contribution in [3.63, 3.8) is 0 Å². The quantitative estimate of drug-likeness (QED) is 0.846. The molecule has 1 aromatic heterocycles. The molecule has 96 valence electrons. The Balaban J connectivity index is 1.84. The fourth-order valence-corrected chi connectivity index (χ4v) is 2.07. The molecule has 2 rings (SSSR count). The summed E-state index contributed by atoms with van der Waals surface area (Å²) in [5.74, 6) is 0. The molecule has 2 aromatic rings. The summed E-state index contributed by atoms with van der Waals surface area (Å²) in [6, 6.07) is 8.84. The second-order valence-corrected chi connectivity index (χ2v) is 4.74. The molecule has 0 amide bonds. The van der Waals surface area contributed by atoms with Crippen LogP contribution in [-0.4, -0.2) is 28.5 Å². The van der Waals surface area contributed by atoms with Crippen molar-refractivity contribution in [2.75, 3.05) is 13.6 Å². The van der Waals surface area contributed by atoms with Gasteiger partial charge in [-0.05, 0) is 24.6 Å². The maximum atomic E-state index is 4.03. The van der Waals surface area contributed by atoms with Crippen molar-refractivity contribution >= 4 is 0 Å². The van der Waals surface area contributed by atoms with Crippen LogP contribution in [0.1, 0.15) is 23.7 Å². The number of nitrogens with one attached hydrogen (secondary N) is 1. The molecular formula is C15H21N3. The number of hydrogen-bond acceptors (Lipinski definition) is 2. The maximum absolute atomic E-state index is 4.03. The smallest absolute Gasteiger partial charge is 0.0921 e. The van der Waals surface area contributed by atoms with E-state index >= 15 is 0 Å². The largest absolute Gasteiger partial charge is 0.348 e. The fourth-order valence-electron chi connectivity index (χ4n) is 2.07. The van der Waals surface area contributed by atoms with Gasteiger partial charge < -0.3 is 9.88 Å². The highest BCUT2D eigenvalue weighted by atomic mass is 15.1. The zero-order chi connectivity index (χ0) is 12.8. The van der Waals surface area contributed by atoms with Gasteiger partial charge in [-0.1, -0.05) is 31.2 Å². The third kappa shape index (κ3) is 3.70. The molecule has 1 heterocycles. The van der Waals surface area contributed by atoms with Gasteiger partial charge in [0.2, 0.25) is 0 Å². The summed E-state index contributed by atoms with van der Waals surface area (Å²) >= 11 is 0. The van der Waals surface area contributed by atoms with Gasteiger partial charge in [0, 0.05) is 31.4 Å². The highest BCUT2D eigenvalue weighted by molar-refractivity contribution is 5.23. The fraction of sp³-hybridized carbons (Fsp3) is 0.400. The number of hydrogen-bond donors (Lipinski definition) is 1. The predicted octanol–water partition coefficient (Wildman–Crippen LogP) is 2.65. The second kappa shape index (κ2) is 6.36. The van der Waals surface area contributed by atoms with Gasteiger partial charge in [-0.2, -0.15) is 0 Å². The molecule has 0 saturated carbocycles. The maximum Gasteiger partial charge on any atom is 0.0921 e. The molecule has 1 aromatic carbocycles. The molecule has 0 radical (unpaired) electrons. The third-order valence-electron chi connectivity index (χ3n) is 3.17. The Labute approximate surface area is 109 Å². The normalized spacial score (nSPS) is 11.1. The Hall–Kier alpha value is -1.61. The number of rotatable bonds is 6. The van der Waals surface area contributed by atoms with Gasteiger partial charge in [0.25, 0.3) is 0 Å². The first-order valence-corrected chi connectivity index (χ1v) is 6.51. The van der Waals surface area contributed by atoms with Gasteiger partial charge >= 0.3 is 0 Å². The van der Waals surface area contributed by atoms with Crippen LogP contribution in [-0.2, 0) is 19.4 Å². The van der Waals surface area contributed by atoms with E-state index in [0.29, 0.717) is 0 Å². The molecule has 0 aliphatic carbocycles. The number of imidazole rings is 1. The van der Waals surface area contributed by atoms with E-state index < -0.39 is 0 Å². The Morgan fingerprint density at radius 2 is 2.11 bits per heavy atom. The van der Waals surface area contributed by atoms with Gasteiger partial charge in [0.1, 0.15) is 0 Å². The van der Waals surface area contributed by atoms with Crippen molar-refractivity contribution in [1.29, 1.82) is 0 Å². The average molecular weight is 243 g/mol. The first-order valence-electron chi connectivity index (χ1n) is 6.51. The molecule has 3 heteroatoms. The highest BCUT2D eigenvalue weighted by Crippen LogP contribution is 2.08. The Morgan fingerprint density at radius 1 is 1.28 bits per heavy atom. The lowest BCUT2D eigenvalue weighted by Crippen LogP contribution is -2.20. The number of aromatic amines is 1. The molecule has 0 spiro atoms. The summed E-state index contributed by atoms with van der Waals surface area (Å²) in [5, 5.41) is 0. The average Bonchev–Trinajstić information content (AvgIpc) is 2.90. The van der Waals surface area contributed by atoms with E-state index in [1.165, 1.54) is 16.8 Å². The van der Waals surface area contributed by atoms with E-state index in [0.717, 1.165) is 25.9 Å². The van der Waals surface area contributed by atoms with Crippen molar-refractivity contribution in [2.45, 2.75) is 26.3 Å². The van der Waals surface area contributed by atoms with Gasteiger partial charge in [0.05, 0.1) is 6.33 Å². The molecule has 0 aliphatic heterocycles. The Kier molecular flexibility index (Phi) is 4.53. The first-order chi connectivity index (χ1) is 8.78. The molecule has 18 heavy (non-hydrogen) atoms. The number of nitrogens with zero attached hydrogens (tertiary/aromatic N) is 2. The van der Waals surface area contributed by atoms with Crippen LogP contribution in [0, 0.1) is 0 Å². The van der Waals surface area contributed by atoms with Crippen LogP contribution in [0.25, 0.3) is 0 Å². The lowest BCUT2D eigenvalue weighted by Gasteiger charge is -2.16. The lowest BCUT2D eigenvalue weighted by atomic mass is 10.1. The molecule has 1 N–H and O–H groups in total. The SMILES string of the molecule is CCc1cccc(CN(C)CCc2cnc[nH]2)c1. The topological polar surface area (TPSA) is 31.9 Å². The van der Waals surface area contributed by atoms with Gasteiger partial charge in [-0.15, -0.1) is 0 Å². The van der Waals surface area contributed by atoms with Crippen LogP contribution in [0.15, 0.2) is 36.8 Å². The van der Waals surface area contributed by atoms with Crippen molar-refractivity contribution in [1.82, 2.24) is 14.9 Å². The lowest BCUT2D eigenvalue weighted by molar-refractivity contribution is 0.330. The van der Waals surface area contributed by atoms with Gasteiger partial charge in [-0.3, -0.25) is 0 Å². The molecule has 0 saturated heterocycles. The minimum absolute atomic E-state index is 1.00. The van der Waals surface area contributed by atoms with Crippen molar-refractivity contribution < 1.29 is 0 Å². The summed E-state index contributed by atoms with van der Waals surface area (Å²) < 4.78 is 0. The molecular weight excluding hydrogens is 222 g/mol. The first kappa shape index (κ1) is 12.8. The Bertz CT molecular complexity index is 462. The summed E-state index contributed by atoms with van der Waals surface area (Å²) in [5.41, 5.74) is 4.00. The molecule has 0 unspecified atom stereocenters. The standard InChI is InChI=1S/C15H21N3/c1-3-13-5-4-6-14(9-13)11-18(2)8-7-15-10-16-12-17-15/h4-6,9-10,12H,3,7-8,11H2,1-2H3,(H,16,17).